The van der Waals surface area contributed by atoms with Crippen molar-refractivity contribution in [2.24, 2.45) is 10.7 Å². The molecule has 0 atom stereocenters. The van der Waals surface area contributed by atoms with Crippen molar-refractivity contribution in [3.63, 3.8) is 0 Å². The smallest absolute Gasteiger partial charge is 0.193 e. The minimum Gasteiger partial charge on any atom is -0.494 e. The van der Waals surface area contributed by atoms with E-state index >= 15 is 0 Å². The van der Waals surface area contributed by atoms with E-state index in [9.17, 15) is 0 Å². The molecule has 1 aliphatic heterocycles. The first kappa shape index (κ1) is 24.3. The third-order valence-corrected chi connectivity index (χ3v) is 5.21. The van der Waals surface area contributed by atoms with Gasteiger partial charge in [-0.1, -0.05) is 30.3 Å². The van der Waals surface area contributed by atoms with Crippen LogP contribution in [0.1, 0.15) is 32.3 Å². The Hall–Kier alpha value is -2.00. The molecule has 0 aromatic heterocycles. The van der Waals surface area contributed by atoms with Gasteiger partial charge in [0.25, 0.3) is 0 Å². The summed E-state index contributed by atoms with van der Waals surface area (Å²) < 4.78 is 16.9. The molecule has 0 amide bonds. The van der Waals surface area contributed by atoms with Gasteiger partial charge in [0.05, 0.1) is 25.4 Å². The summed E-state index contributed by atoms with van der Waals surface area (Å²) in [5.41, 5.74) is 8.24. The van der Waals surface area contributed by atoms with E-state index in [-0.39, 0.29) is 29.4 Å². The number of nitrogens with two attached hydrogens (primary N) is 1. The molecule has 6 nitrogen and oxygen atoms in total. The Balaban J connectivity index is 0.00000320. The zero-order chi connectivity index (χ0) is 20.5. The Morgan fingerprint density at radius 1 is 1.07 bits per heavy atom. The highest BCUT2D eigenvalue weighted by Crippen LogP contribution is 2.35. The van der Waals surface area contributed by atoms with Crippen molar-refractivity contribution in [3.05, 3.63) is 54.1 Å². The lowest BCUT2D eigenvalue weighted by Gasteiger charge is -2.36. The van der Waals surface area contributed by atoms with Gasteiger partial charge in [-0.15, -0.1) is 24.0 Å². The second-order valence-corrected chi connectivity index (χ2v) is 7.11. The summed E-state index contributed by atoms with van der Waals surface area (Å²) in [4.78, 5) is 4.70. The van der Waals surface area contributed by atoms with E-state index in [2.05, 4.69) is 29.6 Å². The average Bonchev–Trinajstić information content (AvgIpc) is 2.76. The Labute approximate surface area is 196 Å². The SMILES string of the molecule is CCOc1ccc(OCC)c(NC(N)=NCC2(c3ccccc3)CCOCC2)c1.I. The van der Waals surface area contributed by atoms with E-state index < -0.39 is 0 Å². The molecule has 2 aromatic rings. The van der Waals surface area contributed by atoms with Crippen LogP contribution < -0.4 is 20.5 Å². The predicted octanol–water partition coefficient (Wildman–Crippen LogP) is 4.58. The lowest BCUT2D eigenvalue weighted by atomic mass is 9.74. The number of anilines is 1. The molecular weight excluding hydrogens is 493 g/mol. The summed E-state index contributed by atoms with van der Waals surface area (Å²) in [6.45, 7) is 7.15. The highest BCUT2D eigenvalue weighted by atomic mass is 127. The summed E-state index contributed by atoms with van der Waals surface area (Å²) in [5, 5.41) is 3.19. The molecule has 1 saturated heterocycles. The standard InChI is InChI=1S/C23H31N3O3.HI/c1-3-28-19-10-11-21(29-4-2)20(16-19)26-22(24)25-17-23(12-14-27-15-13-23)18-8-6-5-7-9-18;/h5-11,16H,3-4,12-15,17H2,1-2H3,(H3,24,25,26);1H. The number of guanidine groups is 1. The van der Waals surface area contributed by atoms with E-state index in [0.29, 0.717) is 25.7 Å². The molecule has 3 rings (SSSR count). The van der Waals surface area contributed by atoms with E-state index in [4.69, 9.17) is 24.9 Å². The predicted molar refractivity (Wildman–Crippen MR) is 132 cm³/mol. The maximum atomic E-state index is 6.26. The molecule has 0 spiro atoms. The Bertz CT molecular complexity index is 809. The number of rotatable bonds is 8. The van der Waals surface area contributed by atoms with Gasteiger partial charge in [-0.3, -0.25) is 4.99 Å². The number of benzene rings is 2. The Morgan fingerprint density at radius 2 is 1.77 bits per heavy atom. The fraction of sp³-hybridized carbons (Fsp3) is 0.435. The van der Waals surface area contributed by atoms with E-state index in [1.807, 2.05) is 38.1 Å². The van der Waals surface area contributed by atoms with Gasteiger partial charge in [0.2, 0.25) is 0 Å². The molecule has 3 N–H and O–H groups in total. The Morgan fingerprint density at radius 3 is 2.43 bits per heavy atom. The molecule has 2 aromatic carbocycles. The summed E-state index contributed by atoms with van der Waals surface area (Å²) in [6.07, 6.45) is 1.86. The number of nitrogens with one attached hydrogen (secondary N) is 1. The van der Waals surface area contributed by atoms with Crippen LogP contribution in [-0.2, 0) is 10.2 Å². The van der Waals surface area contributed by atoms with E-state index in [1.54, 1.807) is 0 Å². The fourth-order valence-electron chi connectivity index (χ4n) is 3.65. The third-order valence-electron chi connectivity index (χ3n) is 5.21. The average molecular weight is 525 g/mol. The second kappa shape index (κ2) is 12.0. The van der Waals surface area contributed by atoms with Crippen LogP contribution >= 0.6 is 24.0 Å². The number of hydrogen-bond donors (Lipinski definition) is 2. The Kier molecular flexibility index (Phi) is 9.71. The van der Waals surface area contributed by atoms with Gasteiger partial charge < -0.3 is 25.3 Å². The zero-order valence-corrected chi connectivity index (χ0v) is 20.1. The third kappa shape index (κ3) is 6.25. The first-order valence-corrected chi connectivity index (χ1v) is 10.3. The van der Waals surface area contributed by atoms with Crippen molar-refractivity contribution >= 4 is 35.6 Å². The van der Waals surface area contributed by atoms with Gasteiger partial charge in [-0.05, 0) is 44.4 Å². The monoisotopic (exact) mass is 525 g/mol. The molecule has 1 fully saturated rings. The lowest BCUT2D eigenvalue weighted by molar-refractivity contribution is 0.0531. The number of hydrogen-bond acceptors (Lipinski definition) is 4. The molecule has 0 unspecified atom stereocenters. The summed E-state index contributed by atoms with van der Waals surface area (Å²) in [5.74, 6) is 1.84. The lowest BCUT2D eigenvalue weighted by Crippen LogP contribution is -2.38. The van der Waals surface area contributed by atoms with Gasteiger partial charge in [-0.2, -0.15) is 0 Å². The molecule has 0 bridgehead atoms. The molecular formula is C23H32IN3O3. The van der Waals surface area contributed by atoms with Gasteiger partial charge >= 0.3 is 0 Å². The van der Waals surface area contributed by atoms with Crippen LogP contribution in [0.4, 0.5) is 5.69 Å². The van der Waals surface area contributed by atoms with E-state index in [0.717, 1.165) is 43.2 Å². The number of nitrogens with zero attached hydrogens (tertiary/aromatic N) is 1. The van der Waals surface area contributed by atoms with Crippen LogP contribution in [0.2, 0.25) is 0 Å². The van der Waals surface area contributed by atoms with Crippen molar-refractivity contribution in [1.82, 2.24) is 0 Å². The minimum atomic E-state index is -0.0538. The summed E-state index contributed by atoms with van der Waals surface area (Å²) in [6, 6.07) is 16.2. The van der Waals surface area contributed by atoms with Gasteiger partial charge in [-0.25, -0.2) is 0 Å². The number of ether oxygens (including phenoxy) is 3. The first-order valence-electron chi connectivity index (χ1n) is 10.3. The number of halogens is 1. The number of aliphatic imine (C=N–C) groups is 1. The molecule has 1 aliphatic rings. The maximum absolute atomic E-state index is 6.26. The van der Waals surface area contributed by atoms with Gasteiger partial charge in [0.1, 0.15) is 11.5 Å². The second-order valence-electron chi connectivity index (χ2n) is 7.11. The van der Waals surface area contributed by atoms with Crippen LogP contribution in [0.5, 0.6) is 11.5 Å². The first-order chi connectivity index (χ1) is 14.2. The summed E-state index contributed by atoms with van der Waals surface area (Å²) in [7, 11) is 0. The van der Waals surface area contributed by atoms with Gasteiger partial charge in [0.15, 0.2) is 5.96 Å². The normalized spacial score (nSPS) is 15.7. The largest absolute Gasteiger partial charge is 0.494 e. The zero-order valence-electron chi connectivity index (χ0n) is 17.7. The molecule has 1 heterocycles. The van der Waals surface area contributed by atoms with Crippen LogP contribution in [0.3, 0.4) is 0 Å². The quantitative estimate of drug-likeness (QED) is 0.300. The molecule has 0 saturated carbocycles. The highest BCUT2D eigenvalue weighted by molar-refractivity contribution is 14.0. The van der Waals surface area contributed by atoms with Crippen molar-refractivity contribution < 1.29 is 14.2 Å². The van der Waals surface area contributed by atoms with Crippen molar-refractivity contribution in [3.8, 4) is 11.5 Å². The van der Waals surface area contributed by atoms with Crippen molar-refractivity contribution in [1.29, 1.82) is 0 Å². The summed E-state index contributed by atoms with van der Waals surface area (Å²) >= 11 is 0. The van der Waals surface area contributed by atoms with Crippen LogP contribution in [0, 0.1) is 0 Å². The van der Waals surface area contributed by atoms with Crippen molar-refractivity contribution in [2.45, 2.75) is 32.1 Å². The molecule has 7 heteroatoms. The topological polar surface area (TPSA) is 78.1 Å². The highest BCUT2D eigenvalue weighted by Gasteiger charge is 2.34. The van der Waals surface area contributed by atoms with Gasteiger partial charge in [0, 0.05) is 24.7 Å². The maximum Gasteiger partial charge on any atom is 0.193 e. The minimum absolute atomic E-state index is 0. The molecule has 0 radical (unpaired) electrons. The van der Waals surface area contributed by atoms with E-state index in [1.165, 1.54) is 5.56 Å². The van der Waals surface area contributed by atoms with Crippen LogP contribution in [0.25, 0.3) is 0 Å². The van der Waals surface area contributed by atoms with Crippen molar-refractivity contribution in [2.75, 3.05) is 38.3 Å². The molecule has 0 aliphatic carbocycles. The van der Waals surface area contributed by atoms with Crippen LogP contribution in [-0.4, -0.2) is 38.9 Å². The fourth-order valence-corrected chi connectivity index (χ4v) is 3.65. The molecule has 30 heavy (non-hydrogen) atoms. The van der Waals surface area contributed by atoms with Crippen LogP contribution in [0.15, 0.2) is 53.5 Å². The molecule has 164 valence electrons.